The van der Waals surface area contributed by atoms with E-state index in [0.717, 1.165) is 28.9 Å². The lowest BCUT2D eigenvalue weighted by molar-refractivity contribution is 0.305. The van der Waals surface area contributed by atoms with Crippen LogP contribution in [0.25, 0.3) is 0 Å². The Kier molecular flexibility index (Phi) is 4.89. The summed E-state index contributed by atoms with van der Waals surface area (Å²) in [7, 11) is 0. The molecule has 0 aliphatic carbocycles. The van der Waals surface area contributed by atoms with E-state index in [0.29, 0.717) is 12.5 Å². The molecule has 1 nitrogen and oxygen atoms in total. The van der Waals surface area contributed by atoms with Crippen molar-refractivity contribution < 1.29 is 4.74 Å². The van der Waals surface area contributed by atoms with Gasteiger partial charge >= 0.3 is 0 Å². The van der Waals surface area contributed by atoms with Gasteiger partial charge in [-0.1, -0.05) is 19.1 Å². The molecule has 1 aromatic carbocycles. The molecule has 0 saturated heterocycles. The van der Waals surface area contributed by atoms with Crippen molar-refractivity contribution in [2.45, 2.75) is 39.7 Å². The van der Waals surface area contributed by atoms with Gasteiger partial charge in [0.15, 0.2) is 0 Å². The summed E-state index contributed by atoms with van der Waals surface area (Å²) in [6, 6.07) is 8.53. The van der Waals surface area contributed by atoms with Crippen LogP contribution in [-0.4, -0.2) is 0 Å². The zero-order valence-corrected chi connectivity index (χ0v) is 13.2. The van der Waals surface area contributed by atoms with Crippen molar-refractivity contribution in [3.8, 4) is 5.75 Å². The molecule has 0 saturated carbocycles. The van der Waals surface area contributed by atoms with Crippen molar-refractivity contribution in [2.24, 2.45) is 0 Å². The zero-order valence-electron chi connectivity index (χ0n) is 11.6. The molecule has 102 valence electrons. The normalized spacial score (nSPS) is 10.7. The third-order valence-corrected chi connectivity index (χ3v) is 4.61. The first kappa shape index (κ1) is 14.4. The van der Waals surface area contributed by atoms with Gasteiger partial charge < -0.3 is 4.74 Å². The van der Waals surface area contributed by atoms with Gasteiger partial charge in [-0.25, -0.2) is 0 Å². The van der Waals surface area contributed by atoms with Gasteiger partial charge in [0.25, 0.3) is 0 Å². The van der Waals surface area contributed by atoms with Crippen molar-refractivity contribution in [3.05, 3.63) is 50.7 Å². The van der Waals surface area contributed by atoms with Crippen LogP contribution in [0.5, 0.6) is 5.75 Å². The highest BCUT2D eigenvalue weighted by Gasteiger charge is 2.07. The Hall–Kier alpha value is -0.990. The minimum atomic E-state index is 0.548. The Balaban J connectivity index is 2.11. The second-order valence-corrected chi connectivity index (χ2v) is 6.22. The van der Waals surface area contributed by atoms with Gasteiger partial charge in [0.1, 0.15) is 12.4 Å². The second-order valence-electron chi connectivity index (χ2n) is 4.70. The smallest absolute Gasteiger partial charge is 0.125 e. The molecule has 2 aromatic rings. The molecule has 0 atom stereocenters. The van der Waals surface area contributed by atoms with Crippen LogP contribution in [-0.2, 0) is 18.9 Å². The van der Waals surface area contributed by atoms with Crippen molar-refractivity contribution >= 4 is 22.9 Å². The van der Waals surface area contributed by atoms with Crippen LogP contribution >= 0.6 is 22.9 Å². The summed E-state index contributed by atoms with van der Waals surface area (Å²) in [4.78, 5) is 2.68. The van der Waals surface area contributed by atoms with E-state index in [9.17, 15) is 0 Å². The van der Waals surface area contributed by atoms with E-state index in [1.165, 1.54) is 9.75 Å². The van der Waals surface area contributed by atoms with E-state index in [1.807, 2.05) is 11.3 Å². The Morgan fingerprint density at radius 2 is 1.74 bits per heavy atom. The van der Waals surface area contributed by atoms with E-state index in [-0.39, 0.29) is 0 Å². The van der Waals surface area contributed by atoms with Gasteiger partial charge in [-0.05, 0) is 49.1 Å². The molecule has 1 heterocycles. The van der Waals surface area contributed by atoms with Crippen LogP contribution in [0.4, 0.5) is 0 Å². The van der Waals surface area contributed by atoms with Gasteiger partial charge in [0, 0.05) is 15.6 Å². The number of alkyl halides is 1. The van der Waals surface area contributed by atoms with Crippen LogP contribution in [0.15, 0.2) is 24.3 Å². The van der Waals surface area contributed by atoms with Gasteiger partial charge in [-0.15, -0.1) is 22.9 Å². The van der Waals surface area contributed by atoms with E-state index in [1.54, 1.807) is 0 Å². The maximum atomic E-state index is 5.98. The lowest BCUT2D eigenvalue weighted by Gasteiger charge is -2.12. The number of ether oxygens (including phenoxy) is 1. The van der Waals surface area contributed by atoms with E-state index in [4.69, 9.17) is 16.3 Å². The van der Waals surface area contributed by atoms with Crippen LogP contribution in [0, 0.1) is 13.8 Å². The topological polar surface area (TPSA) is 9.23 Å². The largest absolute Gasteiger partial charge is 0.488 e. The molecule has 0 aliphatic rings. The minimum absolute atomic E-state index is 0.548. The summed E-state index contributed by atoms with van der Waals surface area (Å²) in [6.07, 6.45) is 1.09. The lowest BCUT2D eigenvalue weighted by atomic mass is 10.1. The number of halogens is 1. The minimum Gasteiger partial charge on any atom is -0.488 e. The number of thiophene rings is 1. The van der Waals surface area contributed by atoms with Crippen LogP contribution in [0.3, 0.4) is 0 Å². The molecule has 0 N–H and O–H groups in total. The molecular weight excluding hydrogens is 276 g/mol. The third-order valence-electron chi connectivity index (χ3n) is 3.10. The molecule has 2 rings (SSSR count). The summed E-state index contributed by atoms with van der Waals surface area (Å²) in [6.45, 7) is 6.97. The second kappa shape index (κ2) is 6.44. The summed E-state index contributed by atoms with van der Waals surface area (Å²) in [5.41, 5.74) is 3.46. The molecule has 0 amide bonds. The Bertz CT molecular complexity index is 537. The van der Waals surface area contributed by atoms with Gasteiger partial charge in [0.2, 0.25) is 0 Å². The van der Waals surface area contributed by atoms with Gasteiger partial charge in [-0.3, -0.25) is 0 Å². The third kappa shape index (κ3) is 3.52. The van der Waals surface area contributed by atoms with Crippen LogP contribution < -0.4 is 4.74 Å². The fourth-order valence-corrected chi connectivity index (χ4v) is 3.20. The Morgan fingerprint density at radius 1 is 1.11 bits per heavy atom. The van der Waals surface area contributed by atoms with Crippen molar-refractivity contribution in [1.82, 2.24) is 0 Å². The fourth-order valence-electron chi connectivity index (χ4n) is 2.18. The molecule has 1 aromatic heterocycles. The predicted octanol–water partition coefficient (Wildman–Crippen LogP) is 5.25. The van der Waals surface area contributed by atoms with Crippen molar-refractivity contribution in [1.29, 1.82) is 0 Å². The zero-order chi connectivity index (χ0) is 13.8. The van der Waals surface area contributed by atoms with Crippen molar-refractivity contribution in [2.75, 3.05) is 0 Å². The predicted molar refractivity (Wildman–Crippen MR) is 83.5 cm³/mol. The number of hydrogen-bond donors (Lipinski definition) is 0. The molecule has 0 unspecified atom stereocenters. The van der Waals surface area contributed by atoms with Gasteiger partial charge in [0.05, 0.1) is 0 Å². The molecule has 0 bridgehead atoms. The lowest BCUT2D eigenvalue weighted by Crippen LogP contribution is -1.98. The molecule has 0 aliphatic heterocycles. The average Bonchev–Trinajstić information content (AvgIpc) is 2.85. The van der Waals surface area contributed by atoms with Gasteiger partial charge in [-0.2, -0.15) is 0 Å². The summed E-state index contributed by atoms with van der Waals surface area (Å²) in [5.74, 6) is 1.53. The summed E-state index contributed by atoms with van der Waals surface area (Å²) in [5, 5.41) is 0. The van der Waals surface area contributed by atoms with E-state index in [2.05, 4.69) is 45.0 Å². The first-order chi connectivity index (χ1) is 9.13. The van der Waals surface area contributed by atoms with E-state index < -0.39 is 0 Å². The SMILES string of the molecule is CCc1ccc(COc2c(C)cc(CCl)cc2C)s1. The number of benzene rings is 1. The Labute approximate surface area is 124 Å². The Morgan fingerprint density at radius 3 is 2.26 bits per heavy atom. The quantitative estimate of drug-likeness (QED) is 0.685. The first-order valence-corrected chi connectivity index (χ1v) is 7.85. The highest BCUT2D eigenvalue weighted by atomic mass is 35.5. The highest BCUT2D eigenvalue weighted by molar-refractivity contribution is 7.11. The molecule has 0 fully saturated rings. The molecule has 0 radical (unpaired) electrons. The molecule has 3 heteroatoms. The summed E-state index contributed by atoms with van der Waals surface area (Å²) >= 11 is 7.70. The standard InChI is InChI=1S/C16H19ClOS/c1-4-14-5-6-15(19-14)10-18-16-11(2)7-13(9-17)8-12(16)3/h5-8H,4,9-10H2,1-3H3. The summed E-state index contributed by atoms with van der Waals surface area (Å²) < 4.78 is 5.98. The number of rotatable bonds is 5. The van der Waals surface area contributed by atoms with Crippen LogP contribution in [0.1, 0.15) is 33.4 Å². The molecule has 0 spiro atoms. The molecule has 19 heavy (non-hydrogen) atoms. The average molecular weight is 295 g/mol. The maximum absolute atomic E-state index is 5.98. The fraction of sp³-hybridized carbons (Fsp3) is 0.375. The number of aryl methyl sites for hydroxylation is 3. The number of hydrogen-bond acceptors (Lipinski definition) is 2. The van der Waals surface area contributed by atoms with E-state index >= 15 is 0 Å². The van der Waals surface area contributed by atoms with Crippen molar-refractivity contribution in [3.63, 3.8) is 0 Å². The van der Waals surface area contributed by atoms with Crippen LogP contribution in [0.2, 0.25) is 0 Å². The first-order valence-electron chi connectivity index (χ1n) is 6.50. The maximum Gasteiger partial charge on any atom is 0.125 e. The highest BCUT2D eigenvalue weighted by Crippen LogP contribution is 2.27. The molecular formula is C16H19ClOS. The monoisotopic (exact) mass is 294 g/mol.